The van der Waals surface area contributed by atoms with Crippen molar-refractivity contribution in [2.45, 2.75) is 5.41 Å². The van der Waals surface area contributed by atoms with E-state index in [1.165, 1.54) is 77.2 Å². The van der Waals surface area contributed by atoms with Crippen molar-refractivity contribution in [3.05, 3.63) is 229 Å². The smallest absolute Gasteiger partial charge is 0.135 e. The minimum Gasteiger partial charge on any atom is -0.456 e. The monoisotopic (exact) mass is 750 g/mol. The van der Waals surface area contributed by atoms with Crippen LogP contribution in [-0.4, -0.2) is 0 Å². The zero-order valence-corrected chi connectivity index (χ0v) is 31.9. The van der Waals surface area contributed by atoms with Gasteiger partial charge in [0.05, 0.1) is 5.41 Å². The Morgan fingerprint density at radius 1 is 0.322 bits per heavy atom. The fourth-order valence-corrected chi connectivity index (χ4v) is 10.3. The van der Waals surface area contributed by atoms with Gasteiger partial charge in [0.25, 0.3) is 0 Å². The Hall–Kier alpha value is -7.68. The van der Waals surface area contributed by atoms with Crippen LogP contribution in [-0.2, 0) is 5.41 Å². The van der Waals surface area contributed by atoms with Crippen LogP contribution in [0.15, 0.2) is 211 Å². The van der Waals surface area contributed by atoms with Crippen molar-refractivity contribution in [3.63, 3.8) is 0 Å². The molecule has 0 saturated carbocycles. The number of para-hydroxylation sites is 1. The van der Waals surface area contributed by atoms with E-state index in [-0.39, 0.29) is 0 Å². The molecule has 59 heavy (non-hydrogen) atoms. The van der Waals surface area contributed by atoms with E-state index >= 15 is 0 Å². The van der Waals surface area contributed by atoms with E-state index in [0.29, 0.717) is 0 Å². The zero-order valence-electron chi connectivity index (χ0n) is 31.9. The average molecular weight is 751 g/mol. The van der Waals surface area contributed by atoms with Crippen LogP contribution >= 0.6 is 0 Å². The Bertz CT molecular complexity index is 3480. The van der Waals surface area contributed by atoms with Crippen LogP contribution in [0.2, 0.25) is 0 Å². The maximum absolute atomic E-state index is 6.52. The van der Waals surface area contributed by atoms with E-state index in [1.54, 1.807) is 0 Å². The van der Waals surface area contributed by atoms with Crippen molar-refractivity contribution in [3.8, 4) is 56.0 Å². The Morgan fingerprint density at radius 3 is 1.81 bits per heavy atom. The summed E-state index contributed by atoms with van der Waals surface area (Å²) in [6.45, 7) is 0. The lowest BCUT2D eigenvalue weighted by Gasteiger charge is -2.34. The third-order valence-corrected chi connectivity index (χ3v) is 12.9. The summed E-state index contributed by atoms with van der Waals surface area (Å²) in [6.07, 6.45) is 0. The molecule has 0 spiro atoms. The molecular formula is C57H34O2. The molecule has 0 unspecified atom stereocenters. The maximum atomic E-state index is 6.52. The summed E-state index contributed by atoms with van der Waals surface area (Å²) in [6, 6.07) is 75.4. The molecule has 11 aromatic rings. The number of fused-ring (bicyclic) bond motifs is 9. The van der Waals surface area contributed by atoms with Gasteiger partial charge in [-0.2, -0.15) is 0 Å². The number of hydrogen-bond acceptors (Lipinski definition) is 2. The molecule has 13 rings (SSSR count). The van der Waals surface area contributed by atoms with Crippen LogP contribution in [0.25, 0.3) is 88.0 Å². The predicted octanol–water partition coefficient (Wildman–Crippen LogP) is 15.4. The first-order chi connectivity index (χ1) is 29.2. The summed E-state index contributed by atoms with van der Waals surface area (Å²) < 4.78 is 12.7. The van der Waals surface area contributed by atoms with Crippen molar-refractivity contribution in [1.82, 2.24) is 0 Å². The first kappa shape index (κ1) is 32.4. The van der Waals surface area contributed by atoms with Crippen LogP contribution in [0.1, 0.15) is 22.3 Å². The molecule has 2 heteroatoms. The van der Waals surface area contributed by atoms with Crippen LogP contribution in [0.5, 0.6) is 11.5 Å². The van der Waals surface area contributed by atoms with Crippen molar-refractivity contribution in [2.75, 3.05) is 0 Å². The van der Waals surface area contributed by atoms with Crippen LogP contribution in [0, 0.1) is 0 Å². The summed E-state index contributed by atoms with van der Waals surface area (Å²) >= 11 is 0. The normalized spacial score (nSPS) is 13.4. The number of rotatable bonds is 4. The van der Waals surface area contributed by atoms with Gasteiger partial charge in [0.15, 0.2) is 0 Å². The Labute approximate surface area is 341 Å². The Kier molecular flexibility index (Phi) is 6.68. The highest BCUT2D eigenvalue weighted by molar-refractivity contribution is 6.09. The zero-order chi connectivity index (χ0) is 38.7. The molecule has 1 aliphatic carbocycles. The van der Waals surface area contributed by atoms with Gasteiger partial charge in [0.2, 0.25) is 0 Å². The number of hydrogen-bond donors (Lipinski definition) is 0. The quantitative estimate of drug-likeness (QED) is 0.179. The Morgan fingerprint density at radius 2 is 0.983 bits per heavy atom. The van der Waals surface area contributed by atoms with Gasteiger partial charge < -0.3 is 9.15 Å². The second kappa shape index (κ2) is 12.2. The molecule has 10 aromatic carbocycles. The molecule has 0 bridgehead atoms. The molecule has 0 amide bonds. The van der Waals surface area contributed by atoms with Gasteiger partial charge in [-0.1, -0.05) is 152 Å². The highest BCUT2D eigenvalue weighted by Gasteiger charge is 2.46. The van der Waals surface area contributed by atoms with E-state index in [9.17, 15) is 0 Å². The van der Waals surface area contributed by atoms with Gasteiger partial charge >= 0.3 is 0 Å². The first-order valence-electron chi connectivity index (χ1n) is 20.3. The highest BCUT2D eigenvalue weighted by atomic mass is 16.5. The third kappa shape index (κ3) is 4.57. The molecule has 0 atom stereocenters. The average Bonchev–Trinajstić information content (AvgIpc) is 3.81. The molecule has 2 aliphatic rings. The van der Waals surface area contributed by atoms with Gasteiger partial charge in [0.1, 0.15) is 22.7 Å². The van der Waals surface area contributed by atoms with E-state index < -0.39 is 5.41 Å². The molecule has 0 saturated heterocycles. The lowest BCUT2D eigenvalue weighted by Crippen LogP contribution is -2.28. The van der Waals surface area contributed by atoms with Crippen LogP contribution < -0.4 is 4.74 Å². The lowest BCUT2D eigenvalue weighted by molar-refractivity contribution is 0.487. The largest absolute Gasteiger partial charge is 0.456 e. The second-order valence-electron chi connectivity index (χ2n) is 15.9. The van der Waals surface area contributed by atoms with Gasteiger partial charge in [-0.3, -0.25) is 0 Å². The van der Waals surface area contributed by atoms with Crippen LogP contribution in [0.3, 0.4) is 0 Å². The molecule has 2 heterocycles. The van der Waals surface area contributed by atoms with Crippen molar-refractivity contribution in [1.29, 1.82) is 0 Å². The topological polar surface area (TPSA) is 22.4 Å². The molecule has 0 fully saturated rings. The third-order valence-electron chi connectivity index (χ3n) is 12.9. The molecular weight excluding hydrogens is 717 g/mol. The van der Waals surface area contributed by atoms with Gasteiger partial charge in [0, 0.05) is 21.7 Å². The summed E-state index contributed by atoms with van der Waals surface area (Å²) in [7, 11) is 0. The predicted molar refractivity (Wildman–Crippen MR) is 242 cm³/mol. The summed E-state index contributed by atoms with van der Waals surface area (Å²) in [5.74, 6) is 1.80. The number of furan rings is 1. The fourth-order valence-electron chi connectivity index (χ4n) is 10.3. The molecule has 2 nitrogen and oxygen atoms in total. The second-order valence-corrected chi connectivity index (χ2v) is 15.9. The summed E-state index contributed by atoms with van der Waals surface area (Å²) in [5, 5.41) is 7.07. The van der Waals surface area contributed by atoms with Crippen LogP contribution in [0.4, 0.5) is 0 Å². The van der Waals surface area contributed by atoms with Crippen molar-refractivity contribution in [2.24, 2.45) is 0 Å². The Balaban J connectivity index is 1.05. The molecule has 1 aromatic heterocycles. The van der Waals surface area contributed by atoms with E-state index in [0.717, 1.165) is 44.6 Å². The minimum atomic E-state index is -0.552. The first-order valence-corrected chi connectivity index (χ1v) is 20.3. The lowest BCUT2D eigenvalue weighted by atomic mass is 9.67. The van der Waals surface area contributed by atoms with Gasteiger partial charge in [-0.15, -0.1) is 0 Å². The number of benzene rings is 10. The highest BCUT2D eigenvalue weighted by Crippen LogP contribution is 2.58. The fraction of sp³-hybridized carbons (Fsp3) is 0.0175. The van der Waals surface area contributed by atoms with Gasteiger partial charge in [-0.05, 0) is 132 Å². The number of ether oxygens (including phenoxy) is 1. The standard InChI is InChI=1S/C57H34O2/c1-3-15-40(16-4-1)57(41-17-5-2-6-18-41)50-32-37(36-25-28-54-49(30-36)45-21-9-12-35-13-11-23-55(59-54)56(35)45)24-27-43(50)47-34-46-38(33-51(47)57)14-10-20-42(46)39-26-29-53-48(31-39)44-19-7-8-22-52(44)58-53/h1-34H. The van der Waals surface area contributed by atoms with Crippen molar-refractivity contribution < 1.29 is 9.15 Å². The van der Waals surface area contributed by atoms with E-state index in [2.05, 4.69) is 194 Å². The minimum absolute atomic E-state index is 0.552. The van der Waals surface area contributed by atoms with Crippen molar-refractivity contribution >= 4 is 43.5 Å². The van der Waals surface area contributed by atoms with Gasteiger partial charge in [-0.25, -0.2) is 0 Å². The van der Waals surface area contributed by atoms with E-state index in [1.807, 2.05) is 12.1 Å². The molecule has 1 aliphatic heterocycles. The molecule has 0 radical (unpaired) electrons. The SMILES string of the molecule is c1ccc(C2(c3ccccc3)c3cc(-c4ccc5c(c4)-c4cccc6cccc(c46)O5)ccc3-c3cc4c(-c5ccc6oc7ccccc7c6c5)cccc4cc32)cc1. The summed E-state index contributed by atoms with van der Waals surface area (Å²) in [4.78, 5) is 0. The molecule has 0 N–H and O–H groups in total. The van der Waals surface area contributed by atoms with E-state index in [4.69, 9.17) is 9.15 Å². The molecule has 274 valence electrons. The maximum Gasteiger partial charge on any atom is 0.135 e. The summed E-state index contributed by atoms with van der Waals surface area (Å²) in [5.41, 5.74) is 15.9.